The Bertz CT molecular complexity index is 3220. The first-order valence-corrected chi connectivity index (χ1v) is 25.3. The van der Waals surface area contributed by atoms with Crippen LogP contribution >= 0.6 is 0 Å². The Kier molecular flexibility index (Phi) is 19.7. The van der Waals surface area contributed by atoms with Gasteiger partial charge in [-0.05, 0) is 71.8 Å². The van der Waals surface area contributed by atoms with Crippen LogP contribution in [0.2, 0.25) is 0 Å². The van der Waals surface area contributed by atoms with Crippen LogP contribution in [-0.4, -0.2) is 214 Å². The topological polar surface area (TPSA) is 455 Å². The molecule has 3 saturated heterocycles. The normalized spacial score (nSPS) is 27.9. The van der Waals surface area contributed by atoms with E-state index in [0.29, 0.717) is 5.56 Å². The number of fused-ring (bicyclic) bond motifs is 1. The van der Waals surface area contributed by atoms with Gasteiger partial charge >= 0.3 is 35.2 Å². The van der Waals surface area contributed by atoms with Crippen LogP contribution in [0.3, 0.4) is 0 Å². The van der Waals surface area contributed by atoms with Crippen LogP contribution in [0.5, 0.6) is 46.0 Å². The quantitative estimate of drug-likeness (QED) is 0.0118. The fourth-order valence-corrected chi connectivity index (χ4v) is 8.72. The molecule has 450 valence electrons. The van der Waals surface area contributed by atoms with Gasteiger partial charge in [-0.25, -0.2) is 14.0 Å². The van der Waals surface area contributed by atoms with Crippen molar-refractivity contribution in [1.29, 1.82) is 0 Å². The molecule has 29 nitrogen and oxygen atoms in total. The number of methoxy groups -OCH3 is 1. The average Bonchev–Trinajstić information content (AvgIpc) is 3.18. The molecule has 14 N–H and O–H groups in total. The molecular formula is C55H57O29+. The molecule has 0 bridgehead atoms. The maximum absolute atomic E-state index is 13.1. The van der Waals surface area contributed by atoms with Crippen molar-refractivity contribution in [2.45, 2.75) is 98.5 Å². The first kappa shape index (κ1) is 61.6. The second-order valence-electron chi connectivity index (χ2n) is 19.1. The summed E-state index contributed by atoms with van der Waals surface area (Å²) in [6, 6.07) is 16.3. The number of aromatic hydroxyl groups is 5. The summed E-state index contributed by atoms with van der Waals surface area (Å²) >= 11 is 0. The molecule has 0 saturated carbocycles. The molecule has 0 spiro atoms. The third-order valence-electron chi connectivity index (χ3n) is 13.2. The fourth-order valence-electron chi connectivity index (χ4n) is 8.72. The summed E-state index contributed by atoms with van der Waals surface area (Å²) in [5, 5.41) is 149. The molecule has 0 unspecified atom stereocenters. The monoisotopic (exact) mass is 1180 g/mol. The number of aliphatic carboxylic acids is 1. The number of phenolic OH excluding ortho intramolecular Hbond substituents is 5. The Labute approximate surface area is 473 Å². The van der Waals surface area contributed by atoms with Gasteiger partial charge in [-0.1, -0.05) is 12.1 Å². The van der Waals surface area contributed by atoms with Crippen molar-refractivity contribution in [2.24, 2.45) is 0 Å². The maximum Gasteiger partial charge on any atom is 0.402 e. The van der Waals surface area contributed by atoms with Crippen LogP contribution < -0.4 is 14.2 Å². The van der Waals surface area contributed by atoms with Gasteiger partial charge in [0.2, 0.25) is 18.3 Å². The third-order valence-corrected chi connectivity index (χ3v) is 13.2. The lowest BCUT2D eigenvalue weighted by Gasteiger charge is -2.45. The van der Waals surface area contributed by atoms with Gasteiger partial charge in [0.05, 0.1) is 18.7 Å². The fraction of sp³-hybridized carbons (Fsp3) is 0.364. The number of carboxylic acids is 1. The molecule has 3 aliphatic heterocycles. The second-order valence-corrected chi connectivity index (χ2v) is 19.1. The zero-order valence-electron chi connectivity index (χ0n) is 43.7. The van der Waals surface area contributed by atoms with Crippen LogP contribution in [0.1, 0.15) is 17.5 Å². The highest BCUT2D eigenvalue weighted by Gasteiger charge is 2.53. The number of carboxylic acid groups (broad SMARTS) is 1. The third kappa shape index (κ3) is 14.7. The average molecular weight is 1180 g/mol. The minimum Gasteiger partial charge on any atom is -0.508 e. The summed E-state index contributed by atoms with van der Waals surface area (Å²) in [5.74, 6) is -7.59. The Balaban J connectivity index is 1.12. The Morgan fingerprint density at radius 3 is 1.65 bits per heavy atom. The minimum absolute atomic E-state index is 0.0921. The molecule has 3 aliphatic rings. The lowest BCUT2D eigenvalue weighted by Crippen LogP contribution is -2.65. The van der Waals surface area contributed by atoms with Crippen molar-refractivity contribution in [3.8, 4) is 57.3 Å². The van der Waals surface area contributed by atoms with Crippen LogP contribution in [0.4, 0.5) is 0 Å². The Hall–Kier alpha value is -8.43. The summed E-state index contributed by atoms with van der Waals surface area (Å²) < 4.78 is 62.9. The number of esters is 3. The number of aliphatic hydroxyl groups excluding tert-OH is 8. The molecule has 15 atom stereocenters. The molecule has 0 amide bonds. The molecule has 29 heteroatoms. The van der Waals surface area contributed by atoms with Gasteiger partial charge in [-0.3, -0.25) is 9.59 Å². The molecule has 4 aromatic carbocycles. The summed E-state index contributed by atoms with van der Waals surface area (Å²) in [6.45, 7) is -2.45. The van der Waals surface area contributed by atoms with Crippen molar-refractivity contribution >= 4 is 47.0 Å². The van der Waals surface area contributed by atoms with Crippen LogP contribution in [0.25, 0.3) is 34.4 Å². The van der Waals surface area contributed by atoms with E-state index in [1.54, 1.807) is 0 Å². The molecule has 8 rings (SSSR count). The van der Waals surface area contributed by atoms with E-state index in [1.165, 1.54) is 73.9 Å². The molecule has 84 heavy (non-hydrogen) atoms. The summed E-state index contributed by atoms with van der Waals surface area (Å²) in [4.78, 5) is 48.9. The first-order valence-electron chi connectivity index (χ1n) is 25.3. The van der Waals surface area contributed by atoms with Crippen molar-refractivity contribution < 1.29 is 142 Å². The van der Waals surface area contributed by atoms with Crippen molar-refractivity contribution in [2.75, 3.05) is 26.9 Å². The summed E-state index contributed by atoms with van der Waals surface area (Å²) in [6.07, 6.45) is -26.3. The lowest BCUT2D eigenvalue weighted by molar-refractivity contribution is -0.358. The number of benzene rings is 4. The van der Waals surface area contributed by atoms with Gasteiger partial charge in [-0.15, -0.1) is 0 Å². The zero-order valence-corrected chi connectivity index (χ0v) is 43.7. The first-order chi connectivity index (χ1) is 40.0. The van der Waals surface area contributed by atoms with Gasteiger partial charge in [0.25, 0.3) is 0 Å². The molecule has 4 heterocycles. The Morgan fingerprint density at radius 1 is 0.524 bits per heavy atom. The molecule has 1 aromatic heterocycles. The highest BCUT2D eigenvalue weighted by molar-refractivity contribution is 5.91. The summed E-state index contributed by atoms with van der Waals surface area (Å²) in [7, 11) is 1.31. The SMILES string of the molecule is COc1cc(/C=C/C(=O)OC[C@H]2O[C@@H](Oc3cc4c(O[C@@H]5O[C@H](COC(=O)CC(=O)O)[C@@H](O)[C@H](O)[C@H]5O)cc(O)cc4[o+]c3-c3ccc(O)cc3)[C@H](O[C@@H]3O[C@H](COC(=O)/C=C/c4ccc(O)c(O)c4)[C@@H](O)[C@H](O)[C@H]3O)[C@@H](O)[C@@H]2O)ccc1O. The van der Waals surface area contributed by atoms with E-state index >= 15 is 0 Å². The minimum atomic E-state index is -2.18. The highest BCUT2D eigenvalue weighted by atomic mass is 16.8. The predicted molar refractivity (Wildman–Crippen MR) is 277 cm³/mol. The summed E-state index contributed by atoms with van der Waals surface area (Å²) in [5.41, 5.74) is 0.580. The molecule has 3 fully saturated rings. The largest absolute Gasteiger partial charge is 0.508 e. The zero-order chi connectivity index (χ0) is 60.7. The van der Waals surface area contributed by atoms with Crippen molar-refractivity contribution in [1.82, 2.24) is 0 Å². The number of rotatable bonds is 20. The van der Waals surface area contributed by atoms with E-state index in [9.17, 15) is 85.6 Å². The van der Waals surface area contributed by atoms with E-state index in [-0.39, 0.29) is 45.1 Å². The molecule has 5 aromatic rings. The highest BCUT2D eigenvalue weighted by Crippen LogP contribution is 2.43. The van der Waals surface area contributed by atoms with Gasteiger partial charge < -0.3 is 119 Å². The number of phenols is 5. The van der Waals surface area contributed by atoms with Crippen molar-refractivity contribution in [3.05, 3.63) is 102 Å². The van der Waals surface area contributed by atoms with Gasteiger partial charge in [0, 0.05) is 24.3 Å². The van der Waals surface area contributed by atoms with Crippen molar-refractivity contribution in [3.63, 3.8) is 0 Å². The number of hydrogen-bond acceptors (Lipinski definition) is 27. The second kappa shape index (κ2) is 26.9. The predicted octanol–water partition coefficient (Wildman–Crippen LogP) is -0.347. The lowest BCUT2D eigenvalue weighted by atomic mass is 9.97. The van der Waals surface area contributed by atoms with Gasteiger partial charge in [0.15, 0.2) is 35.4 Å². The number of ether oxygens (including phenoxy) is 10. The molecule has 0 radical (unpaired) electrons. The van der Waals surface area contributed by atoms with Gasteiger partial charge in [-0.2, -0.15) is 0 Å². The van der Waals surface area contributed by atoms with E-state index in [0.717, 1.165) is 36.4 Å². The number of aliphatic hydroxyl groups is 8. The Morgan fingerprint density at radius 2 is 1.06 bits per heavy atom. The van der Waals surface area contributed by atoms with E-state index < -0.39 is 171 Å². The molecule has 0 aliphatic carbocycles. The van der Waals surface area contributed by atoms with Crippen LogP contribution in [-0.2, 0) is 52.3 Å². The smallest absolute Gasteiger partial charge is 0.402 e. The van der Waals surface area contributed by atoms with E-state index in [4.69, 9.17) is 56.9 Å². The van der Waals surface area contributed by atoms with E-state index in [1.807, 2.05) is 0 Å². The number of carbonyl (C=O) groups is 4. The maximum atomic E-state index is 13.1. The molecular weight excluding hydrogens is 1120 g/mol. The van der Waals surface area contributed by atoms with Gasteiger partial charge in [0.1, 0.15) is 116 Å². The number of carbonyl (C=O) groups excluding carboxylic acids is 3. The number of hydrogen-bond donors (Lipinski definition) is 14. The van der Waals surface area contributed by atoms with Crippen LogP contribution in [0, 0.1) is 0 Å². The van der Waals surface area contributed by atoms with Crippen LogP contribution in [0.15, 0.2) is 95.4 Å². The standard InChI is InChI=1S/C55H56O29/c1-74-34-15-24(3-11-30(34)59)5-13-41(64)76-21-38-45(68)48(71)52(84-54-50(73)47(70)43(66)36(82-54)20-75-40(63)12-4-23-2-10-29(58)31(60)14-23)55(83-38)80-35-18-28-32(78-51(35)25-6-8-26(56)9-7-25)16-27(57)17-33(28)79-53-49(72)46(69)44(67)37(81-53)22-77-42(65)19-39(61)62/h2-18,36-38,43-50,52-55,66-73H,19-22H2,1H3,(H5-,56,57,58,59,60,61,62,63,64)/p+1/t36-,37-,38-,43-,44-,45-,46+,47+,48+,49-,50-,52-,53-,54+,55-/m1/s1. The van der Waals surface area contributed by atoms with E-state index in [2.05, 4.69) is 0 Å².